The molecule has 0 heterocycles. The number of hydrogen-bond acceptors (Lipinski definition) is 1. The summed E-state index contributed by atoms with van der Waals surface area (Å²) in [5.41, 5.74) is 3.42. The predicted molar refractivity (Wildman–Crippen MR) is 90.4 cm³/mol. The number of hydrogen-bond donors (Lipinski definition) is 0. The van der Waals surface area contributed by atoms with Crippen molar-refractivity contribution < 1.29 is 4.74 Å². The van der Waals surface area contributed by atoms with E-state index in [0.29, 0.717) is 6.61 Å². The molecule has 0 aliphatic rings. The Bertz CT molecular complexity index is 708. The largest absolute Gasteiger partial charge is 0.488 e. The Kier molecular flexibility index (Phi) is 4.37. The molecule has 0 N–H and O–H groups in total. The second kappa shape index (κ2) is 6.59. The Labute approximate surface area is 133 Å². The fourth-order valence-corrected chi connectivity index (χ4v) is 2.57. The van der Waals surface area contributed by atoms with Gasteiger partial charge in [0.25, 0.3) is 0 Å². The van der Waals surface area contributed by atoms with Gasteiger partial charge in [-0.2, -0.15) is 0 Å². The molecule has 0 radical (unpaired) electrons. The van der Waals surface area contributed by atoms with Gasteiger partial charge in [0.2, 0.25) is 0 Å². The van der Waals surface area contributed by atoms with Crippen LogP contribution in [0.25, 0.3) is 11.1 Å². The maximum absolute atomic E-state index is 6.01. The molecule has 104 valence electrons. The monoisotopic (exact) mass is 338 g/mol. The summed E-state index contributed by atoms with van der Waals surface area (Å²) in [7, 11) is 0. The molecule has 3 aromatic rings. The lowest BCUT2D eigenvalue weighted by Gasteiger charge is -2.12. The first-order chi connectivity index (χ1) is 10.3. The lowest BCUT2D eigenvalue weighted by atomic mass is 10.0. The Balaban J connectivity index is 1.88. The Morgan fingerprint density at radius 3 is 2.14 bits per heavy atom. The maximum atomic E-state index is 6.01. The van der Waals surface area contributed by atoms with E-state index in [-0.39, 0.29) is 0 Å². The molecule has 0 bridgehead atoms. The summed E-state index contributed by atoms with van der Waals surface area (Å²) in [5, 5.41) is 0. The Morgan fingerprint density at radius 1 is 0.762 bits per heavy atom. The van der Waals surface area contributed by atoms with E-state index in [1.54, 1.807) is 0 Å². The highest BCUT2D eigenvalue weighted by atomic mass is 79.9. The van der Waals surface area contributed by atoms with Crippen LogP contribution in [-0.4, -0.2) is 0 Å². The van der Waals surface area contributed by atoms with Crippen LogP contribution in [-0.2, 0) is 6.61 Å². The van der Waals surface area contributed by atoms with Crippen molar-refractivity contribution in [2.24, 2.45) is 0 Å². The van der Waals surface area contributed by atoms with E-state index in [1.165, 1.54) is 5.56 Å². The van der Waals surface area contributed by atoms with Crippen molar-refractivity contribution in [1.82, 2.24) is 0 Å². The maximum Gasteiger partial charge on any atom is 0.127 e. The van der Waals surface area contributed by atoms with E-state index >= 15 is 0 Å². The molecule has 0 aliphatic carbocycles. The van der Waals surface area contributed by atoms with Crippen LogP contribution in [0, 0.1) is 0 Å². The average molecular weight is 339 g/mol. The molecular formula is C19H15BrO. The van der Waals surface area contributed by atoms with E-state index in [0.717, 1.165) is 21.3 Å². The summed E-state index contributed by atoms with van der Waals surface area (Å²) in [6.45, 7) is 0.572. The molecule has 0 amide bonds. The first-order valence-electron chi connectivity index (χ1n) is 6.84. The Hall–Kier alpha value is -2.06. The summed E-state index contributed by atoms with van der Waals surface area (Å²) in [6.07, 6.45) is 0. The third-order valence-electron chi connectivity index (χ3n) is 3.26. The van der Waals surface area contributed by atoms with Gasteiger partial charge >= 0.3 is 0 Å². The summed E-state index contributed by atoms with van der Waals surface area (Å²) in [6, 6.07) is 26.6. The third kappa shape index (κ3) is 3.53. The van der Waals surface area contributed by atoms with Gasteiger partial charge in [-0.1, -0.05) is 76.6 Å². The van der Waals surface area contributed by atoms with Crippen LogP contribution in [0.1, 0.15) is 5.56 Å². The smallest absolute Gasteiger partial charge is 0.127 e. The molecule has 3 rings (SSSR count). The van der Waals surface area contributed by atoms with Gasteiger partial charge in [0.15, 0.2) is 0 Å². The van der Waals surface area contributed by atoms with Gasteiger partial charge < -0.3 is 4.74 Å². The molecule has 0 atom stereocenters. The third-order valence-corrected chi connectivity index (χ3v) is 3.76. The van der Waals surface area contributed by atoms with Crippen molar-refractivity contribution in [3.8, 4) is 16.9 Å². The molecule has 0 spiro atoms. The zero-order valence-electron chi connectivity index (χ0n) is 11.5. The van der Waals surface area contributed by atoms with Gasteiger partial charge in [-0.3, -0.25) is 0 Å². The molecule has 1 nitrogen and oxygen atoms in total. The number of halogens is 1. The first-order valence-corrected chi connectivity index (χ1v) is 7.64. The van der Waals surface area contributed by atoms with Crippen LogP contribution < -0.4 is 4.74 Å². The quantitative estimate of drug-likeness (QED) is 0.593. The SMILES string of the molecule is Brc1ccc(OCc2ccccc2)c(-c2ccccc2)c1. The van der Waals surface area contributed by atoms with Crippen LogP contribution in [0.4, 0.5) is 0 Å². The van der Waals surface area contributed by atoms with Gasteiger partial charge in [0, 0.05) is 10.0 Å². The Morgan fingerprint density at radius 2 is 1.43 bits per heavy atom. The topological polar surface area (TPSA) is 9.23 Å². The highest BCUT2D eigenvalue weighted by molar-refractivity contribution is 9.10. The van der Waals surface area contributed by atoms with E-state index in [9.17, 15) is 0 Å². The van der Waals surface area contributed by atoms with Crippen LogP contribution in [0.5, 0.6) is 5.75 Å². The molecule has 0 aromatic heterocycles. The minimum absolute atomic E-state index is 0.572. The zero-order chi connectivity index (χ0) is 14.5. The second-order valence-electron chi connectivity index (χ2n) is 4.78. The number of benzene rings is 3. The van der Waals surface area contributed by atoms with Crippen molar-refractivity contribution in [1.29, 1.82) is 0 Å². The van der Waals surface area contributed by atoms with E-state index in [1.807, 2.05) is 48.5 Å². The van der Waals surface area contributed by atoms with Gasteiger partial charge in [-0.05, 0) is 29.3 Å². The average Bonchev–Trinajstić information content (AvgIpc) is 2.55. The zero-order valence-corrected chi connectivity index (χ0v) is 13.1. The molecule has 0 aliphatic heterocycles. The highest BCUT2D eigenvalue weighted by Crippen LogP contribution is 2.33. The molecule has 0 saturated heterocycles. The molecular weight excluding hydrogens is 324 g/mol. The lowest BCUT2D eigenvalue weighted by Crippen LogP contribution is -1.96. The van der Waals surface area contributed by atoms with Crippen LogP contribution in [0.2, 0.25) is 0 Å². The number of rotatable bonds is 4. The molecule has 0 unspecified atom stereocenters. The molecule has 3 aromatic carbocycles. The normalized spacial score (nSPS) is 10.3. The van der Waals surface area contributed by atoms with Crippen molar-refractivity contribution in [3.63, 3.8) is 0 Å². The second-order valence-corrected chi connectivity index (χ2v) is 5.70. The lowest BCUT2D eigenvalue weighted by molar-refractivity contribution is 0.307. The van der Waals surface area contributed by atoms with Crippen LogP contribution >= 0.6 is 15.9 Å². The predicted octanol–water partition coefficient (Wildman–Crippen LogP) is 5.70. The number of ether oxygens (including phenoxy) is 1. The van der Waals surface area contributed by atoms with Crippen LogP contribution in [0.3, 0.4) is 0 Å². The fraction of sp³-hybridized carbons (Fsp3) is 0.0526. The molecule has 21 heavy (non-hydrogen) atoms. The minimum atomic E-state index is 0.572. The molecule has 0 fully saturated rings. The first kappa shape index (κ1) is 13.9. The summed E-state index contributed by atoms with van der Waals surface area (Å²) in [5.74, 6) is 0.897. The van der Waals surface area contributed by atoms with Crippen LogP contribution in [0.15, 0.2) is 83.3 Å². The van der Waals surface area contributed by atoms with Crippen molar-refractivity contribution in [3.05, 3.63) is 88.9 Å². The van der Waals surface area contributed by atoms with E-state index in [4.69, 9.17) is 4.74 Å². The van der Waals surface area contributed by atoms with Crippen molar-refractivity contribution >= 4 is 15.9 Å². The highest BCUT2D eigenvalue weighted by Gasteiger charge is 2.07. The molecule has 0 saturated carbocycles. The standard InChI is InChI=1S/C19H15BrO/c20-17-11-12-19(21-14-15-7-3-1-4-8-15)18(13-17)16-9-5-2-6-10-16/h1-13H,14H2. The van der Waals surface area contributed by atoms with Gasteiger partial charge in [0.1, 0.15) is 12.4 Å². The summed E-state index contributed by atoms with van der Waals surface area (Å²) < 4.78 is 7.06. The van der Waals surface area contributed by atoms with E-state index < -0.39 is 0 Å². The minimum Gasteiger partial charge on any atom is -0.488 e. The summed E-state index contributed by atoms with van der Waals surface area (Å²) >= 11 is 3.53. The molecule has 2 heteroatoms. The fourth-order valence-electron chi connectivity index (χ4n) is 2.21. The summed E-state index contributed by atoms with van der Waals surface area (Å²) in [4.78, 5) is 0. The van der Waals surface area contributed by atoms with E-state index in [2.05, 4.69) is 46.3 Å². The van der Waals surface area contributed by atoms with Gasteiger partial charge in [-0.15, -0.1) is 0 Å². The van der Waals surface area contributed by atoms with Crippen molar-refractivity contribution in [2.75, 3.05) is 0 Å². The van der Waals surface area contributed by atoms with Gasteiger partial charge in [0.05, 0.1) is 0 Å². The van der Waals surface area contributed by atoms with Gasteiger partial charge in [-0.25, -0.2) is 0 Å². The van der Waals surface area contributed by atoms with Crippen molar-refractivity contribution in [2.45, 2.75) is 6.61 Å².